The molecule has 142 valence electrons. The quantitative estimate of drug-likeness (QED) is 0.408. The Kier molecular flexibility index (Phi) is 8.37. The predicted molar refractivity (Wildman–Crippen MR) is 112 cm³/mol. The summed E-state index contributed by atoms with van der Waals surface area (Å²) in [7, 11) is 0. The van der Waals surface area contributed by atoms with Gasteiger partial charge < -0.3 is 19.7 Å². The number of guanidine groups is 1. The van der Waals surface area contributed by atoms with Gasteiger partial charge in [0.25, 0.3) is 0 Å². The van der Waals surface area contributed by atoms with Crippen molar-refractivity contribution in [1.82, 2.24) is 15.2 Å². The Balaban J connectivity index is 0.00000225. The molecule has 3 rings (SSSR count). The summed E-state index contributed by atoms with van der Waals surface area (Å²) >= 11 is 1.73. The molecule has 2 aliphatic rings. The molecule has 0 radical (unpaired) electrons. The van der Waals surface area contributed by atoms with Crippen LogP contribution < -0.4 is 5.32 Å². The zero-order valence-corrected chi connectivity index (χ0v) is 18.4. The Bertz CT molecular complexity index is 575. The predicted octanol–water partition coefficient (Wildman–Crippen LogP) is 2.72. The fraction of sp³-hybridized carbons (Fsp3) is 0.765. The summed E-state index contributed by atoms with van der Waals surface area (Å²) < 4.78 is 11.8. The van der Waals surface area contributed by atoms with Crippen LogP contribution in [0.1, 0.15) is 35.3 Å². The van der Waals surface area contributed by atoms with Crippen LogP contribution in [0.4, 0.5) is 0 Å². The van der Waals surface area contributed by atoms with Crippen LogP contribution in [0.3, 0.4) is 0 Å². The number of morpholine rings is 1. The van der Waals surface area contributed by atoms with E-state index in [4.69, 9.17) is 14.5 Å². The van der Waals surface area contributed by atoms with Crippen LogP contribution in [0.25, 0.3) is 0 Å². The van der Waals surface area contributed by atoms with Gasteiger partial charge in [-0.3, -0.25) is 0 Å². The molecule has 1 N–H and O–H groups in total. The molecule has 0 aliphatic carbocycles. The molecule has 0 aromatic carbocycles. The number of aryl methyl sites for hydroxylation is 2. The smallest absolute Gasteiger partial charge is 0.194 e. The highest BCUT2D eigenvalue weighted by Crippen LogP contribution is 2.22. The maximum Gasteiger partial charge on any atom is 0.194 e. The number of halogens is 1. The second-order valence-corrected chi connectivity index (χ2v) is 7.61. The average Bonchev–Trinajstić information content (AvgIpc) is 3.21. The minimum atomic E-state index is 0. The third-order valence-electron chi connectivity index (χ3n) is 4.48. The lowest BCUT2D eigenvalue weighted by Gasteiger charge is -2.37. The van der Waals surface area contributed by atoms with Gasteiger partial charge >= 0.3 is 0 Å². The lowest BCUT2D eigenvalue weighted by atomic mass is 10.1. The topological polar surface area (TPSA) is 59.0 Å². The number of nitrogens with one attached hydrogen (secondary N) is 1. The van der Waals surface area contributed by atoms with Crippen molar-refractivity contribution >= 4 is 41.3 Å². The molecule has 2 saturated heterocycles. The van der Waals surface area contributed by atoms with E-state index >= 15 is 0 Å². The Morgan fingerprint density at radius 3 is 2.76 bits per heavy atom. The van der Waals surface area contributed by atoms with Crippen LogP contribution in [0.2, 0.25) is 0 Å². The van der Waals surface area contributed by atoms with Gasteiger partial charge in [-0.15, -0.1) is 35.3 Å². The number of nitrogens with zero attached hydrogens (tertiary/aromatic N) is 3. The normalized spacial score (nSPS) is 24.3. The zero-order valence-electron chi connectivity index (χ0n) is 15.3. The van der Waals surface area contributed by atoms with Gasteiger partial charge in [0, 0.05) is 31.1 Å². The molecule has 0 spiro atoms. The standard InChI is InChI=1S/C17H28N4O2S.HI/c1-4-18-17(19-10-16-12(2)20-13(3)24-16)21-7-9-23-15(11-21)14-6-5-8-22-14;/h14-15H,4-11H2,1-3H3,(H,18,19);1H. The highest BCUT2D eigenvalue weighted by molar-refractivity contribution is 14.0. The summed E-state index contributed by atoms with van der Waals surface area (Å²) in [4.78, 5) is 12.9. The minimum Gasteiger partial charge on any atom is -0.375 e. The van der Waals surface area contributed by atoms with Crippen molar-refractivity contribution in [2.24, 2.45) is 4.99 Å². The maximum atomic E-state index is 5.95. The second kappa shape index (κ2) is 10.0. The minimum absolute atomic E-state index is 0. The summed E-state index contributed by atoms with van der Waals surface area (Å²) in [6, 6.07) is 0. The van der Waals surface area contributed by atoms with Crippen LogP contribution >= 0.6 is 35.3 Å². The second-order valence-electron chi connectivity index (χ2n) is 6.32. The highest BCUT2D eigenvalue weighted by atomic mass is 127. The summed E-state index contributed by atoms with van der Waals surface area (Å²) in [5.41, 5.74) is 1.09. The Labute approximate surface area is 171 Å². The van der Waals surface area contributed by atoms with E-state index in [2.05, 4.69) is 29.0 Å². The molecule has 0 saturated carbocycles. The maximum absolute atomic E-state index is 5.95. The van der Waals surface area contributed by atoms with E-state index < -0.39 is 0 Å². The number of ether oxygens (including phenoxy) is 2. The van der Waals surface area contributed by atoms with E-state index in [1.165, 1.54) is 4.88 Å². The van der Waals surface area contributed by atoms with Crippen molar-refractivity contribution in [3.63, 3.8) is 0 Å². The van der Waals surface area contributed by atoms with Crippen LogP contribution in [0.15, 0.2) is 4.99 Å². The lowest BCUT2D eigenvalue weighted by molar-refractivity contribution is -0.0817. The van der Waals surface area contributed by atoms with Crippen LogP contribution in [0.5, 0.6) is 0 Å². The van der Waals surface area contributed by atoms with Gasteiger partial charge in [0.05, 0.1) is 30.0 Å². The van der Waals surface area contributed by atoms with Crippen molar-refractivity contribution in [2.45, 2.75) is 52.4 Å². The van der Waals surface area contributed by atoms with Gasteiger partial charge in [-0.05, 0) is 33.6 Å². The Hall–Kier alpha value is -0.450. The first-order valence-corrected chi connectivity index (χ1v) is 9.68. The van der Waals surface area contributed by atoms with E-state index in [1.54, 1.807) is 11.3 Å². The van der Waals surface area contributed by atoms with Crippen molar-refractivity contribution in [1.29, 1.82) is 0 Å². The molecule has 2 aliphatic heterocycles. The van der Waals surface area contributed by atoms with Gasteiger partial charge in [0.2, 0.25) is 0 Å². The molecule has 6 nitrogen and oxygen atoms in total. The summed E-state index contributed by atoms with van der Waals surface area (Å²) in [5, 5.41) is 4.53. The molecular formula is C17H29IN4O2S. The Morgan fingerprint density at radius 1 is 1.32 bits per heavy atom. The van der Waals surface area contributed by atoms with Gasteiger partial charge in [0.15, 0.2) is 5.96 Å². The van der Waals surface area contributed by atoms with E-state index in [-0.39, 0.29) is 36.2 Å². The first kappa shape index (κ1) is 20.9. The molecule has 0 bridgehead atoms. The van der Waals surface area contributed by atoms with Gasteiger partial charge in [0.1, 0.15) is 6.10 Å². The lowest BCUT2D eigenvalue weighted by Crippen LogP contribution is -2.53. The molecular weight excluding hydrogens is 451 g/mol. The number of aliphatic imine (C=N–C) groups is 1. The molecule has 0 amide bonds. The molecule has 8 heteroatoms. The number of aromatic nitrogens is 1. The number of hydrogen-bond donors (Lipinski definition) is 1. The monoisotopic (exact) mass is 480 g/mol. The molecule has 1 aromatic heterocycles. The number of thiazole rings is 1. The summed E-state index contributed by atoms with van der Waals surface area (Å²) in [6.07, 6.45) is 2.63. The average molecular weight is 480 g/mol. The summed E-state index contributed by atoms with van der Waals surface area (Å²) in [5.74, 6) is 0.967. The first-order valence-electron chi connectivity index (χ1n) is 8.86. The molecule has 3 heterocycles. The fourth-order valence-electron chi connectivity index (χ4n) is 3.28. The van der Waals surface area contributed by atoms with Gasteiger partial charge in [-0.1, -0.05) is 0 Å². The Morgan fingerprint density at radius 2 is 2.12 bits per heavy atom. The van der Waals surface area contributed by atoms with E-state index in [0.29, 0.717) is 6.54 Å². The van der Waals surface area contributed by atoms with Crippen LogP contribution in [-0.2, 0) is 16.0 Å². The molecule has 2 atom stereocenters. The third kappa shape index (κ3) is 5.51. The van der Waals surface area contributed by atoms with Crippen LogP contribution in [0, 0.1) is 13.8 Å². The first-order chi connectivity index (χ1) is 11.7. The van der Waals surface area contributed by atoms with Crippen molar-refractivity contribution in [3.05, 3.63) is 15.6 Å². The number of hydrogen-bond acceptors (Lipinski definition) is 5. The fourth-order valence-corrected chi connectivity index (χ4v) is 4.14. The van der Waals surface area contributed by atoms with Crippen molar-refractivity contribution in [2.75, 3.05) is 32.8 Å². The zero-order chi connectivity index (χ0) is 16.9. The molecule has 2 fully saturated rings. The molecule has 25 heavy (non-hydrogen) atoms. The van der Waals surface area contributed by atoms with E-state index in [9.17, 15) is 0 Å². The van der Waals surface area contributed by atoms with Crippen LogP contribution in [-0.4, -0.2) is 60.9 Å². The molecule has 1 aromatic rings. The van der Waals surface area contributed by atoms with Gasteiger partial charge in [-0.25, -0.2) is 9.98 Å². The SMILES string of the molecule is CCNC(=NCc1sc(C)nc1C)N1CCOC(C2CCCO2)C1.I. The van der Waals surface area contributed by atoms with Crippen molar-refractivity contribution in [3.8, 4) is 0 Å². The van der Waals surface area contributed by atoms with E-state index in [0.717, 1.165) is 62.4 Å². The number of rotatable bonds is 4. The summed E-state index contributed by atoms with van der Waals surface area (Å²) in [6.45, 7) is 11.1. The van der Waals surface area contributed by atoms with Crippen molar-refractivity contribution < 1.29 is 9.47 Å². The molecule has 2 unspecified atom stereocenters. The third-order valence-corrected chi connectivity index (χ3v) is 5.54. The highest BCUT2D eigenvalue weighted by Gasteiger charge is 2.32. The van der Waals surface area contributed by atoms with Gasteiger partial charge in [-0.2, -0.15) is 0 Å². The largest absolute Gasteiger partial charge is 0.375 e. The van der Waals surface area contributed by atoms with E-state index in [1.807, 2.05) is 6.92 Å².